The molecule has 6 aromatic rings. The van der Waals surface area contributed by atoms with Gasteiger partial charge >= 0.3 is 0 Å². The van der Waals surface area contributed by atoms with Gasteiger partial charge in [-0.3, -0.25) is 9.97 Å². The van der Waals surface area contributed by atoms with Crippen LogP contribution >= 0.6 is 0 Å². The molecule has 0 spiro atoms. The van der Waals surface area contributed by atoms with Crippen molar-refractivity contribution in [1.29, 1.82) is 0 Å². The molecule has 0 amide bonds. The monoisotopic (exact) mass is 546 g/mol. The number of nitrogens with zero attached hydrogens (tertiary/aromatic N) is 2. The lowest BCUT2D eigenvalue weighted by Gasteiger charge is -2.35. The molecule has 2 nitrogen and oxygen atoms in total. The van der Waals surface area contributed by atoms with Gasteiger partial charge in [-0.2, -0.15) is 0 Å². The van der Waals surface area contributed by atoms with E-state index in [9.17, 15) is 0 Å². The molecule has 4 heteroatoms. The summed E-state index contributed by atoms with van der Waals surface area (Å²) in [4.78, 5) is 8.77. The highest BCUT2D eigenvalue weighted by molar-refractivity contribution is 7.05. The number of pyridine rings is 2. The van der Waals surface area contributed by atoms with Gasteiger partial charge in [0.2, 0.25) is 0 Å². The van der Waals surface area contributed by atoms with Crippen molar-refractivity contribution in [1.82, 2.24) is 9.97 Å². The minimum Gasteiger partial charge on any atom is -0.264 e. The molecule has 0 N–H and O–H groups in total. The van der Waals surface area contributed by atoms with Crippen LogP contribution in [-0.4, -0.2) is 26.1 Å². The molecule has 0 atom stereocenters. The van der Waals surface area contributed by atoms with Crippen molar-refractivity contribution < 1.29 is 0 Å². The molecule has 40 heavy (non-hydrogen) atoms. The van der Waals surface area contributed by atoms with E-state index in [1.54, 1.807) is 10.4 Å². The molecule has 2 aliphatic rings. The zero-order chi connectivity index (χ0) is 27.2. The molecule has 0 bridgehead atoms. The van der Waals surface area contributed by atoms with Crippen molar-refractivity contribution in [2.75, 3.05) is 0 Å². The molecule has 0 saturated heterocycles. The Hall–Kier alpha value is -4.13. The maximum absolute atomic E-state index is 4.39. The Kier molecular flexibility index (Phi) is 4.86. The van der Waals surface area contributed by atoms with Gasteiger partial charge in [0.15, 0.2) is 0 Å². The van der Waals surface area contributed by atoms with E-state index >= 15 is 0 Å². The Labute approximate surface area is 237 Å². The van der Waals surface area contributed by atoms with E-state index in [1.165, 1.54) is 65.7 Å². The maximum Gasteiger partial charge on any atom is 0.113 e. The van der Waals surface area contributed by atoms with Gasteiger partial charge in [0.05, 0.1) is 0 Å². The number of hydrogen-bond acceptors (Lipinski definition) is 2. The molecule has 2 aromatic heterocycles. The summed E-state index contributed by atoms with van der Waals surface area (Å²) in [5.74, 6) is 0. The quantitative estimate of drug-likeness (QED) is 0.230. The zero-order valence-electron chi connectivity index (χ0n) is 23.3. The summed E-state index contributed by atoms with van der Waals surface area (Å²) in [7, 11) is -3.90. The smallest absolute Gasteiger partial charge is 0.113 e. The second-order valence-corrected chi connectivity index (χ2v) is 21.0. The standard InChI is InChI=1S/C36H30N2Si2/c1-39(2)31-11-5-10-29-35-28-15-13-24(26-9-7-17-38-22-26)19-33(28)40(3,4)34(35)20-30(36(29)31)27-14-12-23(18-32(27)39)25-8-6-16-37-21-25/h5-22H,1-4H3. The first kappa shape index (κ1) is 23.7. The molecule has 0 fully saturated rings. The molecule has 0 aliphatic carbocycles. The fourth-order valence-electron chi connectivity index (χ4n) is 7.29. The second-order valence-electron chi connectivity index (χ2n) is 12.3. The Bertz CT molecular complexity index is 1990. The van der Waals surface area contributed by atoms with Crippen LogP contribution in [0.4, 0.5) is 0 Å². The van der Waals surface area contributed by atoms with Crippen molar-refractivity contribution in [3.8, 4) is 44.5 Å². The van der Waals surface area contributed by atoms with Gasteiger partial charge in [-0.1, -0.05) is 99.0 Å². The minimum absolute atomic E-state index is 1.18. The third-order valence-electron chi connectivity index (χ3n) is 9.44. The normalized spacial score (nSPS) is 15.4. The molecule has 0 radical (unpaired) electrons. The van der Waals surface area contributed by atoms with Crippen LogP contribution in [0.2, 0.25) is 26.2 Å². The Morgan fingerprint density at radius 3 is 1.70 bits per heavy atom. The van der Waals surface area contributed by atoms with Crippen molar-refractivity contribution in [2.24, 2.45) is 0 Å². The van der Waals surface area contributed by atoms with Crippen LogP contribution in [0, 0.1) is 0 Å². The van der Waals surface area contributed by atoms with Gasteiger partial charge in [-0.05, 0) is 88.2 Å². The Morgan fingerprint density at radius 2 is 1.07 bits per heavy atom. The molecule has 0 unspecified atom stereocenters. The summed E-state index contributed by atoms with van der Waals surface area (Å²) < 4.78 is 0. The third-order valence-corrected chi connectivity index (χ3v) is 16.5. The van der Waals surface area contributed by atoms with Gasteiger partial charge in [-0.15, -0.1) is 0 Å². The first-order valence-corrected chi connectivity index (χ1v) is 20.1. The van der Waals surface area contributed by atoms with Gasteiger partial charge < -0.3 is 0 Å². The Morgan fingerprint density at radius 1 is 0.475 bits per heavy atom. The molecular weight excluding hydrogens is 517 g/mol. The van der Waals surface area contributed by atoms with Gasteiger partial charge in [0.25, 0.3) is 0 Å². The molecule has 8 rings (SSSR count). The molecular formula is C36H30N2Si2. The number of fused-ring (bicyclic) bond motifs is 6. The highest BCUT2D eigenvalue weighted by Crippen LogP contribution is 2.42. The third kappa shape index (κ3) is 3.15. The van der Waals surface area contributed by atoms with Crippen molar-refractivity contribution in [3.63, 3.8) is 0 Å². The summed E-state index contributed by atoms with van der Waals surface area (Å²) in [5.41, 5.74) is 10.6. The van der Waals surface area contributed by atoms with E-state index in [0.29, 0.717) is 0 Å². The molecule has 2 aliphatic heterocycles. The lowest BCUT2D eigenvalue weighted by atomic mass is 9.90. The number of aromatic nitrogens is 2. The van der Waals surface area contributed by atoms with E-state index in [0.717, 1.165) is 0 Å². The fourth-order valence-corrected chi connectivity index (χ4v) is 13.5. The number of benzene rings is 4. The average Bonchev–Trinajstić information content (AvgIpc) is 3.22. The van der Waals surface area contributed by atoms with Crippen LogP contribution in [0.1, 0.15) is 0 Å². The summed E-state index contributed by atoms with van der Waals surface area (Å²) in [5, 5.41) is 9.10. The van der Waals surface area contributed by atoms with E-state index in [1.807, 2.05) is 36.9 Å². The van der Waals surface area contributed by atoms with Crippen LogP contribution in [0.5, 0.6) is 0 Å². The SMILES string of the molecule is C[Si]1(C)c2cc(-c3cccnc3)ccc2-c2c1cc1c3c(cccc23)[Si](C)(C)c2cc(-c3cccnc3)ccc2-1. The predicted molar refractivity (Wildman–Crippen MR) is 175 cm³/mol. The van der Waals surface area contributed by atoms with Crippen LogP contribution in [-0.2, 0) is 0 Å². The van der Waals surface area contributed by atoms with Gasteiger partial charge in [-0.25, -0.2) is 0 Å². The first-order chi connectivity index (χ1) is 19.4. The summed E-state index contributed by atoms with van der Waals surface area (Å²) in [6.07, 6.45) is 7.65. The average molecular weight is 547 g/mol. The van der Waals surface area contributed by atoms with Crippen molar-refractivity contribution in [2.45, 2.75) is 26.2 Å². The Balaban J connectivity index is 1.40. The summed E-state index contributed by atoms with van der Waals surface area (Å²) in [6.45, 7) is 10.1. The lowest BCUT2D eigenvalue weighted by molar-refractivity contribution is 1.33. The van der Waals surface area contributed by atoms with Crippen LogP contribution in [0.3, 0.4) is 0 Å². The lowest BCUT2D eigenvalue weighted by Crippen LogP contribution is -2.56. The van der Waals surface area contributed by atoms with E-state index in [4.69, 9.17) is 0 Å². The van der Waals surface area contributed by atoms with E-state index in [-0.39, 0.29) is 0 Å². The number of hydrogen-bond donors (Lipinski definition) is 0. The largest absolute Gasteiger partial charge is 0.264 e. The van der Waals surface area contributed by atoms with Crippen LogP contribution in [0.25, 0.3) is 55.3 Å². The van der Waals surface area contributed by atoms with Crippen molar-refractivity contribution >= 4 is 47.7 Å². The number of rotatable bonds is 2. The maximum atomic E-state index is 4.39. The topological polar surface area (TPSA) is 25.8 Å². The molecule has 4 heterocycles. The second kappa shape index (κ2) is 8.20. The van der Waals surface area contributed by atoms with Gasteiger partial charge in [0.1, 0.15) is 16.1 Å². The highest BCUT2D eigenvalue weighted by atomic mass is 28.3. The van der Waals surface area contributed by atoms with E-state index in [2.05, 4.69) is 109 Å². The first-order valence-electron chi connectivity index (χ1n) is 14.1. The predicted octanol–water partition coefficient (Wildman–Crippen LogP) is 6.57. The summed E-state index contributed by atoms with van der Waals surface area (Å²) in [6, 6.07) is 32.4. The van der Waals surface area contributed by atoms with Crippen molar-refractivity contribution in [3.05, 3.63) is 110 Å². The molecule has 4 aromatic carbocycles. The van der Waals surface area contributed by atoms with Gasteiger partial charge in [0, 0.05) is 24.8 Å². The highest BCUT2D eigenvalue weighted by Gasteiger charge is 2.42. The molecule has 192 valence electrons. The zero-order valence-corrected chi connectivity index (χ0v) is 25.3. The summed E-state index contributed by atoms with van der Waals surface area (Å²) >= 11 is 0. The van der Waals surface area contributed by atoms with Crippen LogP contribution in [0.15, 0.2) is 110 Å². The minimum atomic E-state index is -1.96. The fraction of sp³-hybridized carbons (Fsp3) is 0.111. The van der Waals surface area contributed by atoms with E-state index < -0.39 is 16.1 Å². The molecule has 0 saturated carbocycles. The van der Waals surface area contributed by atoms with Crippen LogP contribution < -0.4 is 20.7 Å².